The first-order valence-corrected chi connectivity index (χ1v) is 5.10. The van der Waals surface area contributed by atoms with Crippen LogP contribution in [0.4, 0.5) is 13.2 Å². The number of ketones is 1. The van der Waals surface area contributed by atoms with Gasteiger partial charge in [0.2, 0.25) is 0 Å². The molecule has 0 aliphatic carbocycles. The number of halogens is 3. The number of hydrogen-bond acceptors (Lipinski definition) is 5. The number of aromatic hydroxyl groups is 1. The molecule has 8 heteroatoms. The van der Waals surface area contributed by atoms with Crippen molar-refractivity contribution in [1.82, 2.24) is 0 Å². The molecular weight excluding hydrogens is 281 g/mol. The van der Waals surface area contributed by atoms with Crippen molar-refractivity contribution in [2.24, 2.45) is 0 Å². The lowest BCUT2D eigenvalue weighted by Gasteiger charge is -2.09. The number of esters is 1. The molecule has 0 saturated carbocycles. The Morgan fingerprint density at radius 1 is 1.30 bits per heavy atom. The van der Waals surface area contributed by atoms with E-state index in [0.29, 0.717) is 18.2 Å². The minimum Gasteiger partial charge on any atom is -0.507 e. The number of carbonyl (C=O) groups excluding carboxylic acids is 2. The van der Waals surface area contributed by atoms with Crippen molar-refractivity contribution >= 4 is 17.5 Å². The molecule has 108 valence electrons. The van der Waals surface area contributed by atoms with Gasteiger partial charge in [0.25, 0.3) is 5.78 Å². The van der Waals surface area contributed by atoms with Gasteiger partial charge in [-0.15, -0.1) is 0 Å². The second-order valence-electron chi connectivity index (χ2n) is 3.62. The van der Waals surface area contributed by atoms with Crippen molar-refractivity contribution in [2.75, 3.05) is 7.11 Å². The second kappa shape index (κ2) is 5.64. The zero-order chi connectivity index (χ0) is 15.5. The molecule has 1 aromatic carbocycles. The maximum Gasteiger partial charge on any atom is 0.416 e. The van der Waals surface area contributed by atoms with E-state index < -0.39 is 40.6 Å². The van der Waals surface area contributed by atoms with Crippen LogP contribution in [0.25, 0.3) is 5.76 Å². The minimum absolute atomic E-state index is 0.391. The average Bonchev–Trinajstić information content (AvgIpc) is 2.36. The molecule has 0 radical (unpaired) electrons. The van der Waals surface area contributed by atoms with E-state index in [9.17, 15) is 33.0 Å². The second-order valence-corrected chi connectivity index (χ2v) is 3.62. The number of aliphatic hydroxyl groups is 1. The summed E-state index contributed by atoms with van der Waals surface area (Å²) in [6, 6.07) is 1.78. The Bertz CT molecular complexity index is 575. The topological polar surface area (TPSA) is 83.8 Å². The molecule has 1 aromatic rings. The Morgan fingerprint density at radius 3 is 2.35 bits per heavy atom. The van der Waals surface area contributed by atoms with Gasteiger partial charge in [0.1, 0.15) is 11.5 Å². The molecule has 0 fully saturated rings. The lowest BCUT2D eigenvalue weighted by molar-refractivity contribution is -0.149. The first-order valence-electron chi connectivity index (χ1n) is 5.10. The summed E-state index contributed by atoms with van der Waals surface area (Å²) < 4.78 is 41.2. The number of rotatable bonds is 3. The Kier molecular flexibility index (Phi) is 4.38. The number of alkyl halides is 3. The largest absolute Gasteiger partial charge is 0.507 e. The number of ether oxygens (including phenoxy) is 1. The number of hydrogen-bond donors (Lipinski definition) is 2. The number of carbonyl (C=O) groups is 2. The van der Waals surface area contributed by atoms with Crippen molar-refractivity contribution in [2.45, 2.75) is 6.18 Å². The summed E-state index contributed by atoms with van der Waals surface area (Å²) >= 11 is 0. The van der Waals surface area contributed by atoms with Crippen LogP contribution < -0.4 is 0 Å². The van der Waals surface area contributed by atoms with Crippen molar-refractivity contribution in [3.05, 3.63) is 35.4 Å². The molecule has 0 atom stereocenters. The van der Waals surface area contributed by atoms with Crippen molar-refractivity contribution in [3.63, 3.8) is 0 Å². The van der Waals surface area contributed by atoms with Gasteiger partial charge in [0.15, 0.2) is 0 Å². The van der Waals surface area contributed by atoms with E-state index in [1.54, 1.807) is 0 Å². The first kappa shape index (κ1) is 15.5. The minimum atomic E-state index is -4.66. The monoisotopic (exact) mass is 290 g/mol. The van der Waals surface area contributed by atoms with E-state index in [1.807, 2.05) is 0 Å². The summed E-state index contributed by atoms with van der Waals surface area (Å²) in [5.41, 5.74) is -1.54. The van der Waals surface area contributed by atoms with Crippen LogP contribution in [0.1, 0.15) is 11.1 Å². The molecule has 0 saturated heterocycles. The molecule has 0 aliphatic heterocycles. The molecule has 0 aromatic heterocycles. The van der Waals surface area contributed by atoms with Crippen LogP contribution in [0.15, 0.2) is 24.3 Å². The predicted octanol–water partition coefficient (Wildman–Crippen LogP) is 2.05. The molecule has 0 bridgehead atoms. The summed E-state index contributed by atoms with van der Waals surface area (Å²) in [5.74, 6) is -4.22. The van der Waals surface area contributed by atoms with Crippen LogP contribution in [0.3, 0.4) is 0 Å². The van der Waals surface area contributed by atoms with Crippen molar-refractivity contribution < 1.29 is 37.7 Å². The van der Waals surface area contributed by atoms with Gasteiger partial charge in [-0.2, -0.15) is 13.2 Å². The van der Waals surface area contributed by atoms with Crippen molar-refractivity contribution in [1.29, 1.82) is 0 Å². The fraction of sp³-hybridized carbons (Fsp3) is 0.167. The fourth-order valence-electron chi connectivity index (χ4n) is 1.29. The highest BCUT2D eigenvalue weighted by atomic mass is 19.4. The summed E-state index contributed by atoms with van der Waals surface area (Å²) in [5, 5.41) is 18.9. The zero-order valence-corrected chi connectivity index (χ0v) is 10.1. The quantitative estimate of drug-likeness (QED) is 0.385. The third kappa shape index (κ3) is 3.50. The molecule has 0 heterocycles. The van der Waals surface area contributed by atoms with Crippen LogP contribution in [0, 0.1) is 0 Å². The van der Waals surface area contributed by atoms with E-state index in [4.69, 9.17) is 0 Å². The highest BCUT2D eigenvalue weighted by Gasteiger charge is 2.31. The molecule has 1 rings (SSSR count). The van der Waals surface area contributed by atoms with Gasteiger partial charge in [-0.1, -0.05) is 0 Å². The van der Waals surface area contributed by atoms with Crippen LogP contribution in [-0.4, -0.2) is 29.1 Å². The first-order chi connectivity index (χ1) is 9.16. The number of methoxy groups -OCH3 is 1. The lowest BCUT2D eigenvalue weighted by atomic mass is 10.1. The van der Waals surface area contributed by atoms with Crippen LogP contribution >= 0.6 is 0 Å². The molecular formula is C12H9F3O5. The van der Waals surface area contributed by atoms with Gasteiger partial charge in [0, 0.05) is 6.08 Å². The maximum absolute atomic E-state index is 12.4. The molecule has 5 nitrogen and oxygen atoms in total. The van der Waals surface area contributed by atoms with E-state index in [2.05, 4.69) is 4.74 Å². The molecule has 20 heavy (non-hydrogen) atoms. The Hall–Kier alpha value is -2.51. The fourth-order valence-corrected chi connectivity index (χ4v) is 1.29. The molecule has 0 aliphatic rings. The van der Waals surface area contributed by atoms with E-state index in [0.717, 1.165) is 13.2 Å². The number of aliphatic hydroxyl groups excluding tert-OH is 1. The number of phenols is 1. The summed E-state index contributed by atoms with van der Waals surface area (Å²) in [7, 11) is 0.945. The normalized spacial score (nSPS) is 12.1. The Morgan fingerprint density at radius 2 is 1.90 bits per heavy atom. The third-order valence-electron chi connectivity index (χ3n) is 2.26. The number of phenolic OH excluding ortho intramolecular Hbond substituents is 1. The molecule has 0 spiro atoms. The summed E-state index contributed by atoms with van der Waals surface area (Å²) in [4.78, 5) is 21.9. The average molecular weight is 290 g/mol. The number of benzene rings is 1. The van der Waals surface area contributed by atoms with E-state index in [-0.39, 0.29) is 0 Å². The van der Waals surface area contributed by atoms with Crippen LogP contribution in [0.2, 0.25) is 0 Å². The van der Waals surface area contributed by atoms with Gasteiger partial charge in [-0.3, -0.25) is 4.79 Å². The van der Waals surface area contributed by atoms with Crippen LogP contribution in [0.5, 0.6) is 5.75 Å². The predicted molar refractivity (Wildman–Crippen MR) is 60.7 cm³/mol. The smallest absolute Gasteiger partial charge is 0.416 e. The molecule has 0 amide bonds. The zero-order valence-electron chi connectivity index (χ0n) is 10.1. The molecule has 2 N–H and O–H groups in total. The van der Waals surface area contributed by atoms with Gasteiger partial charge >= 0.3 is 12.1 Å². The van der Waals surface area contributed by atoms with E-state index in [1.165, 1.54) is 0 Å². The van der Waals surface area contributed by atoms with Crippen molar-refractivity contribution in [3.8, 4) is 5.75 Å². The highest BCUT2D eigenvalue weighted by molar-refractivity contribution is 6.39. The third-order valence-corrected chi connectivity index (χ3v) is 2.26. The summed E-state index contributed by atoms with van der Waals surface area (Å²) in [6.07, 6.45) is -4.22. The van der Waals surface area contributed by atoms with Gasteiger partial charge in [0.05, 0.1) is 18.2 Å². The highest BCUT2D eigenvalue weighted by Crippen LogP contribution is 2.34. The van der Waals surface area contributed by atoms with Gasteiger partial charge in [-0.25, -0.2) is 4.79 Å². The maximum atomic E-state index is 12.4. The lowest BCUT2D eigenvalue weighted by Crippen LogP contribution is -2.13. The Labute approximate surface area is 110 Å². The van der Waals surface area contributed by atoms with E-state index >= 15 is 0 Å². The SMILES string of the molecule is COC(=O)C(=O)/C=C(\O)c1ccc(C(F)(F)F)cc1O. The summed E-state index contributed by atoms with van der Waals surface area (Å²) in [6.45, 7) is 0. The van der Waals surface area contributed by atoms with Crippen LogP contribution in [-0.2, 0) is 20.5 Å². The Balaban J connectivity index is 3.12. The standard InChI is InChI=1S/C12H9F3O5/c1-20-11(19)10(18)5-9(17)7-3-2-6(4-8(7)16)12(13,14)15/h2-5,16-17H,1H3/b9-5-. The molecule has 0 unspecified atom stereocenters. The van der Waals surface area contributed by atoms with Gasteiger partial charge < -0.3 is 14.9 Å². The van der Waals surface area contributed by atoms with Gasteiger partial charge in [-0.05, 0) is 18.2 Å².